The Labute approximate surface area is 194 Å². The van der Waals surface area contributed by atoms with Gasteiger partial charge in [-0.1, -0.05) is 36.4 Å². The highest BCUT2D eigenvalue weighted by Crippen LogP contribution is 2.30. The fourth-order valence-corrected chi connectivity index (χ4v) is 3.62. The highest BCUT2D eigenvalue weighted by molar-refractivity contribution is 6.07. The number of benzene rings is 2. The molecule has 4 aromatic rings. The van der Waals surface area contributed by atoms with E-state index in [1.165, 1.54) is 0 Å². The van der Waals surface area contributed by atoms with Crippen LogP contribution in [0, 0.1) is 18.3 Å². The first-order valence-corrected chi connectivity index (χ1v) is 10.4. The van der Waals surface area contributed by atoms with E-state index in [0.29, 0.717) is 22.5 Å². The molecule has 0 bridgehead atoms. The highest BCUT2D eigenvalue weighted by Gasteiger charge is 2.24. The molecule has 0 spiro atoms. The minimum atomic E-state index is -0.617. The maximum Gasteiger partial charge on any atom is 0.342 e. The van der Waals surface area contributed by atoms with Crippen molar-refractivity contribution in [1.29, 1.82) is 5.26 Å². The second-order valence-electron chi connectivity index (χ2n) is 7.24. The predicted octanol–water partition coefficient (Wildman–Crippen LogP) is 4.19. The molecule has 34 heavy (non-hydrogen) atoms. The van der Waals surface area contributed by atoms with Crippen LogP contribution >= 0.6 is 0 Å². The van der Waals surface area contributed by atoms with Crippen molar-refractivity contribution in [3.05, 3.63) is 76.8 Å². The first-order valence-electron chi connectivity index (χ1n) is 10.4. The predicted molar refractivity (Wildman–Crippen MR) is 123 cm³/mol. The van der Waals surface area contributed by atoms with Crippen molar-refractivity contribution in [2.24, 2.45) is 0 Å². The highest BCUT2D eigenvalue weighted by atomic mass is 16.5. The van der Waals surface area contributed by atoms with E-state index < -0.39 is 11.9 Å². The van der Waals surface area contributed by atoms with E-state index in [9.17, 15) is 14.9 Å². The summed E-state index contributed by atoms with van der Waals surface area (Å²) in [6, 6.07) is 16.0. The smallest absolute Gasteiger partial charge is 0.342 e. The fraction of sp³-hybridized carbons (Fsp3) is 0.160. The molecule has 0 saturated carbocycles. The van der Waals surface area contributed by atoms with Gasteiger partial charge in [0.05, 0.1) is 29.2 Å². The molecule has 0 unspecified atom stereocenters. The molecule has 2 heterocycles. The zero-order valence-corrected chi connectivity index (χ0v) is 18.5. The number of nitrogens with zero attached hydrogens (tertiary/aromatic N) is 3. The molecule has 0 radical (unpaired) electrons. The van der Waals surface area contributed by atoms with Crippen molar-refractivity contribution >= 4 is 28.9 Å². The third kappa shape index (κ3) is 4.17. The molecule has 170 valence electrons. The summed E-state index contributed by atoms with van der Waals surface area (Å²) >= 11 is 0. The quantitative estimate of drug-likeness (QED) is 0.423. The SMILES string of the molecule is CCOC(=O)c1c(C)oc2nc(COC(=O)c3ccccc3-c3ccccc3C#N)nc(N)c12. The van der Waals surface area contributed by atoms with Gasteiger partial charge in [0.1, 0.15) is 17.1 Å². The van der Waals surface area contributed by atoms with E-state index >= 15 is 0 Å². The van der Waals surface area contributed by atoms with Gasteiger partial charge in [-0.15, -0.1) is 0 Å². The van der Waals surface area contributed by atoms with Gasteiger partial charge in [-0.05, 0) is 31.5 Å². The molecule has 0 amide bonds. The number of ether oxygens (including phenoxy) is 2. The van der Waals surface area contributed by atoms with Crippen LogP contribution in [0.2, 0.25) is 0 Å². The van der Waals surface area contributed by atoms with E-state index in [1.807, 2.05) is 0 Å². The monoisotopic (exact) mass is 456 g/mol. The molecule has 4 rings (SSSR count). The summed E-state index contributed by atoms with van der Waals surface area (Å²) in [4.78, 5) is 33.6. The van der Waals surface area contributed by atoms with Gasteiger partial charge in [0, 0.05) is 5.56 Å². The summed E-state index contributed by atoms with van der Waals surface area (Å²) in [6.45, 7) is 3.21. The third-order valence-electron chi connectivity index (χ3n) is 5.10. The van der Waals surface area contributed by atoms with Crippen LogP contribution in [0.25, 0.3) is 22.2 Å². The third-order valence-corrected chi connectivity index (χ3v) is 5.10. The number of aromatic nitrogens is 2. The van der Waals surface area contributed by atoms with Crippen LogP contribution < -0.4 is 5.73 Å². The van der Waals surface area contributed by atoms with Crippen LogP contribution in [0.1, 0.15) is 44.8 Å². The number of nitriles is 1. The van der Waals surface area contributed by atoms with E-state index in [2.05, 4.69) is 16.0 Å². The normalized spacial score (nSPS) is 10.6. The van der Waals surface area contributed by atoms with Crippen LogP contribution in [0.5, 0.6) is 0 Å². The van der Waals surface area contributed by atoms with Crippen LogP contribution in [0.15, 0.2) is 52.9 Å². The van der Waals surface area contributed by atoms with Gasteiger partial charge in [-0.2, -0.15) is 10.2 Å². The molecule has 9 nitrogen and oxygen atoms in total. The number of fused-ring (bicyclic) bond motifs is 1. The molecule has 9 heteroatoms. The van der Waals surface area contributed by atoms with Crippen LogP contribution in [-0.2, 0) is 16.1 Å². The number of rotatable bonds is 6. The van der Waals surface area contributed by atoms with Gasteiger partial charge >= 0.3 is 11.9 Å². The Hall–Kier alpha value is -4.71. The summed E-state index contributed by atoms with van der Waals surface area (Å²) in [5.74, 6) is -0.777. The number of anilines is 1. The summed E-state index contributed by atoms with van der Waals surface area (Å²) < 4.78 is 16.1. The van der Waals surface area contributed by atoms with E-state index in [0.717, 1.165) is 0 Å². The van der Waals surface area contributed by atoms with Crippen molar-refractivity contribution in [3.8, 4) is 17.2 Å². The number of nitrogens with two attached hydrogens (primary N) is 1. The Morgan fingerprint density at radius 2 is 1.74 bits per heavy atom. The Kier molecular flexibility index (Phi) is 6.23. The van der Waals surface area contributed by atoms with Gasteiger partial charge in [0.25, 0.3) is 0 Å². The first kappa shape index (κ1) is 22.5. The van der Waals surface area contributed by atoms with Crippen molar-refractivity contribution in [2.75, 3.05) is 12.3 Å². The number of carbonyl (C=O) groups excluding carboxylic acids is 2. The van der Waals surface area contributed by atoms with Gasteiger partial charge in [0.15, 0.2) is 12.4 Å². The maximum atomic E-state index is 12.9. The minimum absolute atomic E-state index is 0.0132. The molecular weight excluding hydrogens is 436 g/mol. The number of nitrogen functional groups attached to an aromatic ring is 1. The first-order chi connectivity index (χ1) is 16.4. The summed E-state index contributed by atoms with van der Waals surface area (Å²) in [5, 5.41) is 9.68. The van der Waals surface area contributed by atoms with Crippen LogP contribution in [0.4, 0.5) is 5.82 Å². The molecule has 2 aromatic carbocycles. The minimum Gasteiger partial charge on any atom is -0.462 e. The number of carbonyl (C=O) groups is 2. The molecule has 2 aromatic heterocycles. The van der Waals surface area contributed by atoms with Gasteiger partial charge in [0.2, 0.25) is 5.71 Å². The molecule has 0 aliphatic carbocycles. The largest absolute Gasteiger partial charge is 0.462 e. The molecule has 0 saturated heterocycles. The lowest BCUT2D eigenvalue weighted by atomic mass is 9.96. The molecule has 0 aliphatic rings. The maximum absolute atomic E-state index is 12.9. The molecule has 0 fully saturated rings. The van der Waals surface area contributed by atoms with Crippen molar-refractivity contribution in [1.82, 2.24) is 9.97 Å². The second-order valence-corrected chi connectivity index (χ2v) is 7.24. The summed E-state index contributed by atoms with van der Waals surface area (Å²) in [5.41, 5.74) is 8.26. The van der Waals surface area contributed by atoms with Crippen LogP contribution in [0.3, 0.4) is 0 Å². The number of esters is 2. The van der Waals surface area contributed by atoms with Crippen molar-refractivity contribution in [3.63, 3.8) is 0 Å². The second kappa shape index (κ2) is 9.42. The topological polar surface area (TPSA) is 141 Å². The molecule has 0 atom stereocenters. The Morgan fingerprint density at radius 1 is 1.03 bits per heavy atom. The average Bonchev–Trinajstić information content (AvgIpc) is 3.19. The summed E-state index contributed by atoms with van der Waals surface area (Å²) in [6.07, 6.45) is 0. The van der Waals surface area contributed by atoms with Crippen LogP contribution in [-0.4, -0.2) is 28.5 Å². The van der Waals surface area contributed by atoms with E-state index in [4.69, 9.17) is 19.6 Å². The Bertz CT molecular complexity index is 1450. The number of hydrogen-bond acceptors (Lipinski definition) is 9. The zero-order chi connectivity index (χ0) is 24.2. The lowest BCUT2D eigenvalue weighted by Gasteiger charge is -2.11. The van der Waals surface area contributed by atoms with Gasteiger partial charge in [-0.25, -0.2) is 14.6 Å². The lowest BCUT2D eigenvalue weighted by Crippen LogP contribution is -2.11. The zero-order valence-electron chi connectivity index (χ0n) is 18.5. The van der Waals surface area contributed by atoms with Gasteiger partial charge in [-0.3, -0.25) is 0 Å². The molecule has 2 N–H and O–H groups in total. The lowest BCUT2D eigenvalue weighted by molar-refractivity contribution is 0.0462. The summed E-state index contributed by atoms with van der Waals surface area (Å²) in [7, 11) is 0. The van der Waals surface area contributed by atoms with E-state index in [1.54, 1.807) is 62.4 Å². The molecular formula is C25H20N4O5. The molecule has 0 aliphatic heterocycles. The van der Waals surface area contributed by atoms with E-state index in [-0.39, 0.29) is 47.1 Å². The number of hydrogen-bond donors (Lipinski definition) is 1. The Balaban J connectivity index is 1.61. The number of aryl methyl sites for hydroxylation is 1. The van der Waals surface area contributed by atoms with Crippen molar-refractivity contribution < 1.29 is 23.5 Å². The average molecular weight is 456 g/mol. The standard InChI is InChI=1S/C25H20N4O5/c1-3-32-25(31)20-14(2)34-23-21(20)22(27)28-19(29-23)13-33-24(30)18-11-7-6-10-17(18)16-9-5-4-8-15(16)12-26/h4-11H,3,13H2,1-2H3,(H2,27,28,29). The Morgan fingerprint density at radius 3 is 2.47 bits per heavy atom. The number of furan rings is 1. The van der Waals surface area contributed by atoms with Crippen molar-refractivity contribution in [2.45, 2.75) is 20.5 Å². The van der Waals surface area contributed by atoms with Gasteiger partial charge < -0.3 is 19.6 Å². The fourth-order valence-electron chi connectivity index (χ4n) is 3.62.